The number of likely N-dealkylation sites (N-methyl/N-ethyl adjacent to an activating group) is 1. The summed E-state index contributed by atoms with van der Waals surface area (Å²) in [4.78, 5) is 32.3. The van der Waals surface area contributed by atoms with Gasteiger partial charge in [0.25, 0.3) is 11.4 Å². The maximum absolute atomic E-state index is 13.1. The van der Waals surface area contributed by atoms with Gasteiger partial charge in [-0.2, -0.15) is 4.98 Å². The van der Waals surface area contributed by atoms with E-state index in [0.29, 0.717) is 29.3 Å². The fraction of sp³-hybridized carbons (Fsp3) is 0.250. The summed E-state index contributed by atoms with van der Waals surface area (Å²) in [6.45, 7) is 6.30. The second-order valence-corrected chi connectivity index (χ2v) is 7.59. The molecule has 158 valence electrons. The lowest BCUT2D eigenvalue weighted by atomic mass is 10.1. The van der Waals surface area contributed by atoms with Crippen LogP contribution in [0.25, 0.3) is 22.4 Å². The van der Waals surface area contributed by atoms with Gasteiger partial charge in [0.15, 0.2) is 5.82 Å². The number of fused-ring (bicyclic) bond motifs is 1. The maximum Gasteiger partial charge on any atom is 0.258 e. The minimum atomic E-state index is -0.296. The third kappa shape index (κ3) is 3.99. The van der Waals surface area contributed by atoms with Crippen LogP contribution in [0.1, 0.15) is 32.5 Å². The molecule has 0 aliphatic rings. The summed E-state index contributed by atoms with van der Waals surface area (Å²) in [5.74, 6) is 0.836. The summed E-state index contributed by atoms with van der Waals surface area (Å²) in [6, 6.07) is 18.3. The first-order valence-corrected chi connectivity index (χ1v) is 10.3. The Hall–Kier alpha value is -3.74. The Balaban J connectivity index is 1.77. The van der Waals surface area contributed by atoms with Crippen LogP contribution >= 0.6 is 0 Å². The largest absolute Gasteiger partial charge is 0.334 e. The summed E-state index contributed by atoms with van der Waals surface area (Å²) >= 11 is 0. The lowest BCUT2D eigenvalue weighted by Crippen LogP contribution is -2.36. The van der Waals surface area contributed by atoms with Gasteiger partial charge in [0.1, 0.15) is 6.54 Å². The summed E-state index contributed by atoms with van der Waals surface area (Å²) in [6.07, 6.45) is 0. The fourth-order valence-corrected chi connectivity index (χ4v) is 3.58. The first-order chi connectivity index (χ1) is 15.0. The number of anilines is 1. The SMILES string of the molecule is CCN(C(=O)Cn1c(=O)cc(-c2nc(C(C)C)no2)c2ccccc21)c1ccccc1. The van der Waals surface area contributed by atoms with Gasteiger partial charge in [-0.15, -0.1) is 0 Å². The summed E-state index contributed by atoms with van der Waals surface area (Å²) in [5, 5.41) is 4.79. The molecule has 4 rings (SSSR count). The van der Waals surface area contributed by atoms with Crippen molar-refractivity contribution in [1.82, 2.24) is 14.7 Å². The van der Waals surface area contributed by atoms with Crippen molar-refractivity contribution in [2.45, 2.75) is 33.2 Å². The number of amides is 1. The smallest absolute Gasteiger partial charge is 0.258 e. The Morgan fingerprint density at radius 1 is 1.10 bits per heavy atom. The molecular formula is C24H24N4O3. The Morgan fingerprint density at radius 2 is 1.81 bits per heavy atom. The highest BCUT2D eigenvalue weighted by molar-refractivity contribution is 5.96. The van der Waals surface area contributed by atoms with Crippen molar-refractivity contribution in [3.63, 3.8) is 0 Å². The zero-order chi connectivity index (χ0) is 22.0. The van der Waals surface area contributed by atoms with Gasteiger partial charge in [-0.25, -0.2) is 0 Å². The Kier molecular flexibility index (Phi) is 5.66. The number of hydrogen-bond acceptors (Lipinski definition) is 5. The van der Waals surface area contributed by atoms with E-state index < -0.39 is 0 Å². The predicted molar refractivity (Wildman–Crippen MR) is 120 cm³/mol. The normalized spacial score (nSPS) is 11.2. The van der Waals surface area contributed by atoms with E-state index in [2.05, 4.69) is 10.1 Å². The third-order valence-electron chi connectivity index (χ3n) is 5.19. The molecule has 31 heavy (non-hydrogen) atoms. The maximum atomic E-state index is 13.1. The zero-order valence-electron chi connectivity index (χ0n) is 17.8. The molecule has 0 fully saturated rings. The molecule has 2 aromatic carbocycles. The topological polar surface area (TPSA) is 81.2 Å². The molecule has 0 N–H and O–H groups in total. The number of carbonyl (C=O) groups excluding carboxylic acids is 1. The number of nitrogens with zero attached hydrogens (tertiary/aromatic N) is 4. The average molecular weight is 416 g/mol. The van der Waals surface area contributed by atoms with Crippen molar-refractivity contribution in [3.8, 4) is 11.5 Å². The second kappa shape index (κ2) is 8.55. The molecule has 0 bridgehead atoms. The second-order valence-electron chi connectivity index (χ2n) is 7.59. The number of aromatic nitrogens is 3. The lowest BCUT2D eigenvalue weighted by Gasteiger charge is -2.22. The van der Waals surface area contributed by atoms with Crippen LogP contribution in [-0.2, 0) is 11.3 Å². The first-order valence-electron chi connectivity index (χ1n) is 10.3. The zero-order valence-corrected chi connectivity index (χ0v) is 17.8. The highest BCUT2D eigenvalue weighted by Crippen LogP contribution is 2.27. The van der Waals surface area contributed by atoms with Crippen molar-refractivity contribution in [1.29, 1.82) is 0 Å². The molecule has 0 radical (unpaired) electrons. The fourth-order valence-electron chi connectivity index (χ4n) is 3.58. The van der Waals surface area contributed by atoms with Crippen LogP contribution in [0.2, 0.25) is 0 Å². The summed E-state index contributed by atoms with van der Waals surface area (Å²) in [7, 11) is 0. The molecule has 2 aromatic heterocycles. The third-order valence-corrected chi connectivity index (χ3v) is 5.19. The van der Waals surface area contributed by atoms with Crippen molar-refractivity contribution in [2.24, 2.45) is 0 Å². The molecule has 0 atom stereocenters. The molecule has 1 amide bonds. The van der Waals surface area contributed by atoms with E-state index in [1.807, 2.05) is 75.4 Å². The molecule has 0 saturated heterocycles. The van der Waals surface area contributed by atoms with Crippen LogP contribution in [0.3, 0.4) is 0 Å². The van der Waals surface area contributed by atoms with Crippen molar-refractivity contribution < 1.29 is 9.32 Å². The van der Waals surface area contributed by atoms with Crippen LogP contribution in [0.5, 0.6) is 0 Å². The average Bonchev–Trinajstić information content (AvgIpc) is 3.27. The van der Waals surface area contributed by atoms with E-state index in [0.717, 1.165) is 11.1 Å². The van der Waals surface area contributed by atoms with E-state index >= 15 is 0 Å². The highest BCUT2D eigenvalue weighted by atomic mass is 16.5. The van der Waals surface area contributed by atoms with Gasteiger partial charge < -0.3 is 9.42 Å². The quantitative estimate of drug-likeness (QED) is 0.470. The lowest BCUT2D eigenvalue weighted by molar-refractivity contribution is -0.119. The Morgan fingerprint density at radius 3 is 2.48 bits per heavy atom. The minimum absolute atomic E-state index is 0.0660. The van der Waals surface area contributed by atoms with Crippen molar-refractivity contribution in [3.05, 3.63) is 76.8 Å². The Labute approximate surface area is 179 Å². The van der Waals surface area contributed by atoms with Gasteiger partial charge in [0.05, 0.1) is 11.1 Å². The van der Waals surface area contributed by atoms with Crippen LogP contribution < -0.4 is 10.5 Å². The van der Waals surface area contributed by atoms with Crippen LogP contribution in [0, 0.1) is 0 Å². The number of hydrogen-bond donors (Lipinski definition) is 0. The Bertz CT molecular complexity index is 1270. The number of benzene rings is 2. The van der Waals surface area contributed by atoms with Gasteiger partial charge >= 0.3 is 0 Å². The molecule has 0 unspecified atom stereocenters. The molecule has 0 aliphatic heterocycles. The first kappa shape index (κ1) is 20.5. The molecule has 0 saturated carbocycles. The van der Waals surface area contributed by atoms with E-state index in [1.165, 1.54) is 10.6 Å². The molecule has 0 spiro atoms. The molecule has 0 aliphatic carbocycles. The van der Waals surface area contributed by atoms with Crippen LogP contribution in [0.4, 0.5) is 5.69 Å². The molecule has 7 nitrogen and oxygen atoms in total. The summed E-state index contributed by atoms with van der Waals surface area (Å²) < 4.78 is 6.92. The predicted octanol–water partition coefficient (Wildman–Crippen LogP) is 4.23. The van der Waals surface area contributed by atoms with Crippen LogP contribution in [-0.4, -0.2) is 27.2 Å². The van der Waals surface area contributed by atoms with Gasteiger partial charge in [0, 0.05) is 29.6 Å². The van der Waals surface area contributed by atoms with E-state index in [-0.39, 0.29) is 23.9 Å². The summed E-state index contributed by atoms with van der Waals surface area (Å²) in [5.41, 5.74) is 1.72. The molecule has 2 heterocycles. The van der Waals surface area contributed by atoms with Gasteiger partial charge in [-0.05, 0) is 25.1 Å². The molecule has 7 heteroatoms. The van der Waals surface area contributed by atoms with Crippen molar-refractivity contribution in [2.75, 3.05) is 11.4 Å². The minimum Gasteiger partial charge on any atom is -0.334 e. The van der Waals surface area contributed by atoms with Gasteiger partial charge in [0.2, 0.25) is 5.91 Å². The standard InChI is InChI=1S/C24H24N4O3/c1-4-27(17-10-6-5-7-11-17)22(30)15-28-20-13-9-8-12-18(20)19(14-21(28)29)24-25-23(16(2)3)26-31-24/h5-14,16H,4,15H2,1-3H3. The van der Waals surface area contributed by atoms with E-state index in [4.69, 9.17) is 4.52 Å². The van der Waals surface area contributed by atoms with Gasteiger partial charge in [-0.1, -0.05) is 55.4 Å². The monoisotopic (exact) mass is 416 g/mol. The van der Waals surface area contributed by atoms with E-state index in [9.17, 15) is 9.59 Å². The number of para-hydroxylation sites is 2. The van der Waals surface area contributed by atoms with Gasteiger partial charge in [-0.3, -0.25) is 14.2 Å². The number of pyridine rings is 1. The van der Waals surface area contributed by atoms with E-state index in [1.54, 1.807) is 4.90 Å². The highest BCUT2D eigenvalue weighted by Gasteiger charge is 2.20. The molecule has 4 aromatic rings. The molecular weight excluding hydrogens is 392 g/mol. The van der Waals surface area contributed by atoms with Crippen molar-refractivity contribution >= 4 is 22.5 Å². The number of carbonyl (C=O) groups is 1. The van der Waals surface area contributed by atoms with Crippen LogP contribution in [0.15, 0.2) is 70.0 Å². The number of rotatable bonds is 6.